The molecule has 0 N–H and O–H groups in total. The molecule has 3 heteroatoms. The number of carbonyl (C=O) groups is 1. The molecular weight excluding hydrogens is 326 g/mol. The van der Waals surface area contributed by atoms with Gasteiger partial charge in [-0.25, -0.2) is 0 Å². The van der Waals surface area contributed by atoms with Crippen molar-refractivity contribution in [3.63, 3.8) is 0 Å². The van der Waals surface area contributed by atoms with Crippen molar-refractivity contribution in [1.82, 2.24) is 4.90 Å². The van der Waals surface area contributed by atoms with Crippen LogP contribution in [0.4, 0.5) is 0 Å². The van der Waals surface area contributed by atoms with Crippen LogP contribution in [-0.4, -0.2) is 23.9 Å². The highest BCUT2D eigenvalue weighted by molar-refractivity contribution is 9.10. The van der Waals surface area contributed by atoms with Crippen molar-refractivity contribution in [2.75, 3.05) is 13.1 Å². The molecule has 0 bridgehead atoms. The van der Waals surface area contributed by atoms with Crippen molar-refractivity contribution in [1.29, 1.82) is 0 Å². The molecule has 2 aromatic carbocycles. The summed E-state index contributed by atoms with van der Waals surface area (Å²) in [7, 11) is 0. The number of benzene rings is 2. The van der Waals surface area contributed by atoms with Crippen LogP contribution in [0, 0.1) is 5.41 Å². The minimum Gasteiger partial charge on any atom is -0.339 e. The highest BCUT2D eigenvalue weighted by atomic mass is 79.9. The second-order valence-electron chi connectivity index (χ2n) is 6.66. The van der Waals surface area contributed by atoms with E-state index in [-0.39, 0.29) is 5.91 Å². The lowest BCUT2D eigenvalue weighted by Gasteiger charge is -2.37. The standard InChI is InChI=1S/C18H20BrNO/c1-18(2)7-9-20(10-8-18)17(21)15-4-3-14-12-16(19)6-5-13(14)11-15/h3-6,11-12H,7-10H2,1-2H3. The maximum absolute atomic E-state index is 12.6. The molecule has 0 radical (unpaired) electrons. The van der Waals surface area contributed by atoms with E-state index in [1.54, 1.807) is 0 Å². The molecule has 0 aliphatic carbocycles. The fourth-order valence-corrected chi connectivity index (χ4v) is 3.23. The van der Waals surface area contributed by atoms with Crippen LogP contribution in [0.5, 0.6) is 0 Å². The van der Waals surface area contributed by atoms with Crippen LogP contribution >= 0.6 is 15.9 Å². The van der Waals surface area contributed by atoms with E-state index in [9.17, 15) is 4.79 Å². The predicted molar refractivity (Wildman–Crippen MR) is 90.6 cm³/mol. The number of hydrogen-bond acceptors (Lipinski definition) is 1. The number of carbonyl (C=O) groups excluding carboxylic acids is 1. The van der Waals surface area contributed by atoms with E-state index in [1.165, 1.54) is 0 Å². The van der Waals surface area contributed by atoms with Crippen LogP contribution in [0.2, 0.25) is 0 Å². The molecule has 21 heavy (non-hydrogen) atoms. The second-order valence-corrected chi connectivity index (χ2v) is 7.58. The maximum atomic E-state index is 12.6. The van der Waals surface area contributed by atoms with Gasteiger partial charge in [-0.1, -0.05) is 41.9 Å². The molecule has 0 spiro atoms. The number of hydrogen-bond donors (Lipinski definition) is 0. The fourth-order valence-electron chi connectivity index (χ4n) is 2.85. The van der Waals surface area contributed by atoms with Crippen LogP contribution < -0.4 is 0 Å². The fraction of sp³-hybridized carbons (Fsp3) is 0.389. The highest BCUT2D eigenvalue weighted by Gasteiger charge is 2.28. The van der Waals surface area contributed by atoms with Crippen molar-refractivity contribution in [3.05, 3.63) is 46.4 Å². The van der Waals surface area contributed by atoms with E-state index in [0.29, 0.717) is 5.41 Å². The Balaban J connectivity index is 1.83. The molecule has 1 saturated heterocycles. The monoisotopic (exact) mass is 345 g/mol. The Labute approximate surface area is 134 Å². The van der Waals surface area contributed by atoms with Gasteiger partial charge in [0.2, 0.25) is 0 Å². The van der Waals surface area contributed by atoms with E-state index in [1.807, 2.05) is 29.2 Å². The normalized spacial score (nSPS) is 18.0. The third-order valence-corrected chi connectivity index (χ3v) is 4.95. The van der Waals surface area contributed by atoms with E-state index < -0.39 is 0 Å². The molecule has 0 atom stereocenters. The summed E-state index contributed by atoms with van der Waals surface area (Å²) in [4.78, 5) is 14.6. The van der Waals surface area contributed by atoms with Crippen molar-refractivity contribution >= 4 is 32.6 Å². The van der Waals surface area contributed by atoms with Crippen LogP contribution in [0.15, 0.2) is 40.9 Å². The molecular formula is C18H20BrNO. The van der Waals surface area contributed by atoms with E-state index in [0.717, 1.165) is 46.7 Å². The third-order valence-electron chi connectivity index (χ3n) is 4.45. The van der Waals surface area contributed by atoms with Crippen molar-refractivity contribution in [3.8, 4) is 0 Å². The molecule has 1 aliphatic rings. The van der Waals surface area contributed by atoms with E-state index in [2.05, 4.69) is 41.9 Å². The van der Waals surface area contributed by atoms with Crippen LogP contribution in [0.1, 0.15) is 37.0 Å². The van der Waals surface area contributed by atoms with Gasteiger partial charge in [-0.05, 0) is 53.3 Å². The molecule has 1 heterocycles. The zero-order valence-corrected chi connectivity index (χ0v) is 14.1. The molecule has 2 aromatic rings. The molecule has 2 nitrogen and oxygen atoms in total. The number of halogens is 1. The third kappa shape index (κ3) is 3.13. The van der Waals surface area contributed by atoms with Gasteiger partial charge in [0.15, 0.2) is 0 Å². The summed E-state index contributed by atoms with van der Waals surface area (Å²) in [5.41, 5.74) is 1.16. The van der Waals surface area contributed by atoms with Gasteiger partial charge in [0.05, 0.1) is 0 Å². The summed E-state index contributed by atoms with van der Waals surface area (Å²) in [5, 5.41) is 2.27. The van der Waals surface area contributed by atoms with Gasteiger partial charge in [0.1, 0.15) is 0 Å². The zero-order valence-electron chi connectivity index (χ0n) is 12.5. The first kappa shape index (κ1) is 14.6. The van der Waals surface area contributed by atoms with Crippen LogP contribution in [0.25, 0.3) is 10.8 Å². The number of nitrogens with zero attached hydrogens (tertiary/aromatic N) is 1. The summed E-state index contributed by atoms with van der Waals surface area (Å²) < 4.78 is 1.06. The van der Waals surface area contributed by atoms with Gasteiger partial charge in [-0.3, -0.25) is 4.79 Å². The van der Waals surface area contributed by atoms with Crippen LogP contribution in [-0.2, 0) is 0 Å². The quantitative estimate of drug-likeness (QED) is 0.722. The Morgan fingerprint density at radius 3 is 2.38 bits per heavy atom. The summed E-state index contributed by atoms with van der Waals surface area (Å²) in [6.07, 6.45) is 2.17. The van der Waals surface area contributed by atoms with E-state index in [4.69, 9.17) is 0 Å². The predicted octanol–water partition coefficient (Wildman–Crippen LogP) is 4.86. The van der Waals surface area contributed by atoms with Crippen molar-refractivity contribution in [2.45, 2.75) is 26.7 Å². The van der Waals surface area contributed by atoms with Gasteiger partial charge in [-0.2, -0.15) is 0 Å². The largest absolute Gasteiger partial charge is 0.339 e. The second kappa shape index (κ2) is 5.45. The minimum atomic E-state index is 0.162. The average molecular weight is 346 g/mol. The van der Waals surface area contributed by atoms with Gasteiger partial charge >= 0.3 is 0 Å². The van der Waals surface area contributed by atoms with Gasteiger partial charge in [0, 0.05) is 23.1 Å². The molecule has 1 aliphatic heterocycles. The maximum Gasteiger partial charge on any atom is 0.253 e. The Morgan fingerprint density at radius 1 is 1.05 bits per heavy atom. The Kier molecular flexibility index (Phi) is 3.78. The van der Waals surface area contributed by atoms with Crippen molar-refractivity contribution < 1.29 is 4.79 Å². The molecule has 1 fully saturated rings. The molecule has 3 rings (SSSR count). The number of fused-ring (bicyclic) bond motifs is 1. The molecule has 0 aromatic heterocycles. The van der Waals surface area contributed by atoms with Crippen molar-refractivity contribution in [2.24, 2.45) is 5.41 Å². The van der Waals surface area contributed by atoms with Gasteiger partial charge in [-0.15, -0.1) is 0 Å². The SMILES string of the molecule is CC1(C)CCN(C(=O)c2ccc3cc(Br)ccc3c2)CC1. The molecule has 1 amide bonds. The molecule has 0 unspecified atom stereocenters. The topological polar surface area (TPSA) is 20.3 Å². The first-order chi connectivity index (χ1) is 9.94. The van der Waals surface area contributed by atoms with E-state index >= 15 is 0 Å². The van der Waals surface area contributed by atoms with Gasteiger partial charge < -0.3 is 4.90 Å². The van der Waals surface area contributed by atoms with Gasteiger partial charge in [0.25, 0.3) is 5.91 Å². The summed E-state index contributed by atoms with van der Waals surface area (Å²) in [6, 6.07) is 12.1. The number of amides is 1. The number of likely N-dealkylation sites (tertiary alicyclic amines) is 1. The summed E-state index contributed by atoms with van der Waals surface area (Å²) in [5.74, 6) is 0.162. The average Bonchev–Trinajstić information content (AvgIpc) is 2.46. The number of rotatable bonds is 1. The summed E-state index contributed by atoms with van der Waals surface area (Å²) >= 11 is 3.48. The highest BCUT2D eigenvalue weighted by Crippen LogP contribution is 2.30. The van der Waals surface area contributed by atoms with Crippen LogP contribution in [0.3, 0.4) is 0 Å². The number of piperidine rings is 1. The first-order valence-electron chi connectivity index (χ1n) is 7.43. The lowest BCUT2D eigenvalue weighted by Crippen LogP contribution is -2.41. The zero-order chi connectivity index (χ0) is 15.0. The minimum absolute atomic E-state index is 0.162. The molecule has 110 valence electrons. The Morgan fingerprint density at radius 2 is 1.67 bits per heavy atom. The Hall–Kier alpha value is -1.35. The smallest absolute Gasteiger partial charge is 0.253 e. The Bertz CT molecular complexity index is 683. The first-order valence-corrected chi connectivity index (χ1v) is 8.23. The lowest BCUT2D eigenvalue weighted by atomic mass is 9.82. The lowest BCUT2D eigenvalue weighted by molar-refractivity contribution is 0.0630. The summed E-state index contributed by atoms with van der Waals surface area (Å²) in [6.45, 7) is 6.29. The molecule has 0 saturated carbocycles.